The number of aliphatic hydroxyl groups is 1. The van der Waals surface area contributed by atoms with Gasteiger partial charge in [0.25, 0.3) is 5.91 Å². The number of carbonyl (C=O) groups excluding carboxylic acids is 1. The number of rotatable bonds is 3. The molecule has 2 aliphatic carbocycles. The highest BCUT2D eigenvalue weighted by molar-refractivity contribution is 7.10. The number of thiophene rings is 1. The van der Waals surface area contributed by atoms with E-state index in [1.54, 1.807) is 16.2 Å². The van der Waals surface area contributed by atoms with Gasteiger partial charge in [-0.05, 0) is 43.6 Å². The molecule has 1 unspecified atom stereocenters. The number of carbonyl (C=O) groups is 1. The zero-order chi connectivity index (χ0) is 15.0. The van der Waals surface area contributed by atoms with Crippen molar-refractivity contribution >= 4 is 17.2 Å². The van der Waals surface area contributed by atoms with Crippen LogP contribution in [0.2, 0.25) is 0 Å². The van der Waals surface area contributed by atoms with Crippen LogP contribution in [0, 0.1) is 5.92 Å². The Bertz CT molecular complexity index is 531. The minimum atomic E-state index is -0.658. The summed E-state index contributed by atoms with van der Waals surface area (Å²) in [5, 5.41) is 12.5. The SMILES string of the molecule is CC1CCc2c(C(=O)N(C)CC3(O)CCCC3)csc2C1. The second-order valence-electron chi connectivity index (χ2n) is 6.99. The molecule has 3 rings (SSSR count). The lowest BCUT2D eigenvalue weighted by molar-refractivity contribution is 0.0156. The van der Waals surface area contributed by atoms with Crippen LogP contribution in [0.3, 0.4) is 0 Å². The molecule has 4 heteroatoms. The van der Waals surface area contributed by atoms with Gasteiger partial charge in [-0.2, -0.15) is 0 Å². The Hall–Kier alpha value is -0.870. The van der Waals surface area contributed by atoms with Gasteiger partial charge < -0.3 is 10.0 Å². The molecule has 2 aliphatic rings. The summed E-state index contributed by atoms with van der Waals surface area (Å²) in [5.74, 6) is 0.818. The summed E-state index contributed by atoms with van der Waals surface area (Å²) >= 11 is 1.73. The molecule has 3 nitrogen and oxygen atoms in total. The van der Waals surface area contributed by atoms with Gasteiger partial charge in [0.15, 0.2) is 0 Å². The maximum absolute atomic E-state index is 12.7. The Kier molecular flexibility index (Phi) is 4.10. The zero-order valence-corrected chi connectivity index (χ0v) is 13.8. The smallest absolute Gasteiger partial charge is 0.254 e. The molecule has 116 valence electrons. The maximum atomic E-state index is 12.7. The number of nitrogens with zero attached hydrogens (tertiary/aromatic N) is 1. The summed E-state index contributed by atoms with van der Waals surface area (Å²) in [7, 11) is 1.83. The van der Waals surface area contributed by atoms with E-state index in [0.717, 1.165) is 50.0 Å². The topological polar surface area (TPSA) is 40.5 Å². The Labute approximate surface area is 131 Å². The van der Waals surface area contributed by atoms with E-state index in [1.165, 1.54) is 16.9 Å². The second kappa shape index (κ2) is 5.73. The van der Waals surface area contributed by atoms with Crippen molar-refractivity contribution in [1.29, 1.82) is 0 Å². The first-order chi connectivity index (χ1) is 9.98. The molecule has 1 fully saturated rings. The van der Waals surface area contributed by atoms with Crippen molar-refractivity contribution in [3.05, 3.63) is 21.4 Å². The van der Waals surface area contributed by atoms with Crippen molar-refractivity contribution in [2.75, 3.05) is 13.6 Å². The van der Waals surface area contributed by atoms with Gasteiger partial charge in [-0.15, -0.1) is 11.3 Å². The standard InChI is InChI=1S/C17H25NO2S/c1-12-5-6-13-14(10-21-15(13)9-12)16(19)18(2)11-17(20)7-3-4-8-17/h10,12,20H,3-9,11H2,1-2H3. The third-order valence-corrected chi connectivity index (χ3v) is 6.10. The minimum Gasteiger partial charge on any atom is -0.388 e. The third kappa shape index (κ3) is 3.02. The summed E-state index contributed by atoms with van der Waals surface area (Å²) < 4.78 is 0. The number of hydrogen-bond acceptors (Lipinski definition) is 3. The first kappa shape index (κ1) is 15.0. The second-order valence-corrected chi connectivity index (χ2v) is 7.96. The summed E-state index contributed by atoms with van der Waals surface area (Å²) in [5.41, 5.74) is 1.49. The number of likely N-dealkylation sites (N-methyl/N-ethyl adjacent to an activating group) is 1. The lowest BCUT2D eigenvalue weighted by Crippen LogP contribution is -2.42. The Balaban J connectivity index is 1.73. The van der Waals surface area contributed by atoms with E-state index in [2.05, 4.69) is 6.92 Å². The van der Waals surface area contributed by atoms with Crippen LogP contribution < -0.4 is 0 Å². The van der Waals surface area contributed by atoms with Crippen molar-refractivity contribution < 1.29 is 9.90 Å². The first-order valence-corrected chi connectivity index (χ1v) is 8.93. The first-order valence-electron chi connectivity index (χ1n) is 8.05. The monoisotopic (exact) mass is 307 g/mol. The van der Waals surface area contributed by atoms with Crippen molar-refractivity contribution in [2.45, 2.75) is 57.5 Å². The predicted molar refractivity (Wildman–Crippen MR) is 85.9 cm³/mol. The minimum absolute atomic E-state index is 0.0855. The number of hydrogen-bond donors (Lipinski definition) is 1. The van der Waals surface area contributed by atoms with E-state index in [1.807, 2.05) is 12.4 Å². The van der Waals surface area contributed by atoms with Crippen LogP contribution in [0.5, 0.6) is 0 Å². The van der Waals surface area contributed by atoms with E-state index in [0.29, 0.717) is 6.54 Å². The number of amides is 1. The highest BCUT2D eigenvalue weighted by Crippen LogP contribution is 2.34. The molecular formula is C17H25NO2S. The van der Waals surface area contributed by atoms with Crippen molar-refractivity contribution in [2.24, 2.45) is 5.92 Å². The molecule has 0 aliphatic heterocycles. The van der Waals surface area contributed by atoms with Crippen LogP contribution in [0.15, 0.2) is 5.38 Å². The van der Waals surface area contributed by atoms with Gasteiger partial charge in [0.05, 0.1) is 11.2 Å². The van der Waals surface area contributed by atoms with Crippen LogP contribution in [0.4, 0.5) is 0 Å². The van der Waals surface area contributed by atoms with Gasteiger partial charge in [-0.1, -0.05) is 19.8 Å². The largest absolute Gasteiger partial charge is 0.388 e. The zero-order valence-electron chi connectivity index (χ0n) is 13.0. The fourth-order valence-electron chi connectivity index (χ4n) is 3.77. The molecule has 0 bridgehead atoms. The molecule has 0 aromatic carbocycles. The molecule has 0 spiro atoms. The highest BCUT2D eigenvalue weighted by Gasteiger charge is 2.34. The van der Waals surface area contributed by atoms with Crippen molar-refractivity contribution in [3.63, 3.8) is 0 Å². The van der Waals surface area contributed by atoms with E-state index >= 15 is 0 Å². The van der Waals surface area contributed by atoms with Gasteiger partial charge in [0, 0.05) is 23.8 Å². The summed E-state index contributed by atoms with van der Waals surface area (Å²) in [4.78, 5) is 15.8. The van der Waals surface area contributed by atoms with Gasteiger partial charge in [-0.25, -0.2) is 0 Å². The lowest BCUT2D eigenvalue weighted by atomic mass is 9.88. The molecule has 1 aromatic heterocycles. The molecule has 0 radical (unpaired) electrons. The maximum Gasteiger partial charge on any atom is 0.254 e. The molecule has 1 saturated carbocycles. The molecule has 1 amide bonds. The van der Waals surface area contributed by atoms with E-state index < -0.39 is 5.60 Å². The van der Waals surface area contributed by atoms with E-state index in [-0.39, 0.29) is 5.91 Å². The lowest BCUT2D eigenvalue weighted by Gasteiger charge is -2.29. The normalized spacial score (nSPS) is 23.9. The Morgan fingerprint density at radius 2 is 2.19 bits per heavy atom. The molecule has 21 heavy (non-hydrogen) atoms. The predicted octanol–water partition coefficient (Wildman–Crippen LogP) is 3.25. The van der Waals surface area contributed by atoms with Crippen molar-refractivity contribution in [1.82, 2.24) is 4.90 Å². The van der Waals surface area contributed by atoms with Crippen LogP contribution in [0.1, 0.15) is 59.8 Å². The fraction of sp³-hybridized carbons (Fsp3) is 0.706. The van der Waals surface area contributed by atoms with Crippen LogP contribution in [-0.4, -0.2) is 35.1 Å². The summed E-state index contributed by atoms with van der Waals surface area (Å²) in [6.45, 7) is 2.75. The van der Waals surface area contributed by atoms with Crippen LogP contribution in [0.25, 0.3) is 0 Å². The number of fused-ring (bicyclic) bond motifs is 1. The average molecular weight is 307 g/mol. The molecule has 0 saturated heterocycles. The molecule has 1 heterocycles. The fourth-order valence-corrected chi connectivity index (χ4v) is 5.01. The average Bonchev–Trinajstić information content (AvgIpc) is 3.04. The quantitative estimate of drug-likeness (QED) is 0.931. The van der Waals surface area contributed by atoms with Crippen molar-refractivity contribution in [3.8, 4) is 0 Å². The van der Waals surface area contributed by atoms with E-state index in [9.17, 15) is 9.90 Å². The van der Waals surface area contributed by atoms with Gasteiger partial charge in [0.2, 0.25) is 0 Å². The Morgan fingerprint density at radius 1 is 1.48 bits per heavy atom. The van der Waals surface area contributed by atoms with Crippen LogP contribution >= 0.6 is 11.3 Å². The van der Waals surface area contributed by atoms with Gasteiger partial charge in [-0.3, -0.25) is 4.79 Å². The highest BCUT2D eigenvalue weighted by atomic mass is 32.1. The Morgan fingerprint density at radius 3 is 2.90 bits per heavy atom. The summed E-state index contributed by atoms with van der Waals surface area (Å²) in [6.07, 6.45) is 7.11. The summed E-state index contributed by atoms with van der Waals surface area (Å²) in [6, 6.07) is 0. The molecule has 1 N–H and O–H groups in total. The third-order valence-electron chi connectivity index (χ3n) is 5.04. The van der Waals surface area contributed by atoms with Gasteiger partial charge in [0.1, 0.15) is 0 Å². The van der Waals surface area contributed by atoms with E-state index in [4.69, 9.17) is 0 Å². The van der Waals surface area contributed by atoms with Crippen LogP contribution in [-0.2, 0) is 12.8 Å². The molecular weight excluding hydrogens is 282 g/mol. The van der Waals surface area contributed by atoms with Gasteiger partial charge >= 0.3 is 0 Å². The molecule has 1 atom stereocenters. The molecule has 1 aromatic rings.